The van der Waals surface area contributed by atoms with Gasteiger partial charge in [-0.1, -0.05) is 32.3 Å². The second-order valence-electron chi connectivity index (χ2n) is 11.0. The topological polar surface area (TPSA) is 203 Å². The summed E-state index contributed by atoms with van der Waals surface area (Å²) >= 11 is 0. The minimum absolute atomic E-state index is 0.169. The number of fused-ring (bicyclic) bond motifs is 1. The molecule has 0 aromatic carbocycles. The number of nitrogens with one attached hydrogen (secondary N) is 1. The number of nitrogens with zero attached hydrogens (tertiary/aromatic N) is 5. The number of aromatic nitrogens is 4. The van der Waals surface area contributed by atoms with Crippen LogP contribution >= 0.6 is 15.2 Å². The minimum Gasteiger partial charge on any atom is -0.385 e. The molecule has 0 bridgehead atoms. The summed E-state index contributed by atoms with van der Waals surface area (Å²) in [6.07, 6.45) is 4.11. The van der Waals surface area contributed by atoms with E-state index in [2.05, 4.69) is 20.2 Å². The van der Waals surface area contributed by atoms with E-state index in [-0.39, 0.29) is 23.7 Å². The summed E-state index contributed by atoms with van der Waals surface area (Å²) in [5, 5.41) is 25.3. The lowest BCUT2D eigenvalue weighted by atomic mass is 10.0. The van der Waals surface area contributed by atoms with Crippen molar-refractivity contribution in [1.29, 1.82) is 0 Å². The smallest absolute Gasteiger partial charge is 0.340 e. The van der Waals surface area contributed by atoms with Gasteiger partial charge in [0.15, 0.2) is 35.3 Å². The van der Waals surface area contributed by atoms with Gasteiger partial charge in [-0.2, -0.15) is 0 Å². The highest BCUT2D eigenvalue weighted by atomic mass is 31.2. The molecule has 2 aromatic heterocycles. The van der Waals surface area contributed by atoms with E-state index in [0.717, 1.165) is 56.2 Å². The fourth-order valence-electron chi connectivity index (χ4n) is 5.40. The normalized spacial score (nSPS) is 21.4. The van der Waals surface area contributed by atoms with Gasteiger partial charge in [0.25, 0.3) is 0 Å². The van der Waals surface area contributed by atoms with E-state index in [1.54, 1.807) is 6.92 Å². The van der Waals surface area contributed by atoms with Crippen LogP contribution in [0.2, 0.25) is 0 Å². The molecule has 1 aliphatic carbocycles. The van der Waals surface area contributed by atoms with Gasteiger partial charge in [0.1, 0.15) is 11.9 Å². The van der Waals surface area contributed by atoms with Crippen LogP contribution in [-0.2, 0) is 20.2 Å². The highest BCUT2D eigenvalue weighted by Crippen LogP contribution is 2.55. The van der Waals surface area contributed by atoms with Gasteiger partial charge < -0.3 is 34.7 Å². The zero-order chi connectivity index (χ0) is 30.5. The molecular formula is C25H41FN6O8P2. The van der Waals surface area contributed by atoms with Gasteiger partial charge in [-0.3, -0.25) is 18.6 Å². The Balaban J connectivity index is 1.58. The maximum Gasteiger partial charge on any atom is 0.340 e. The van der Waals surface area contributed by atoms with Crippen molar-refractivity contribution < 1.29 is 42.9 Å². The average molecular weight is 635 g/mol. The Labute approximate surface area is 243 Å². The molecule has 236 valence electrons. The number of imidazole rings is 1. The number of alkyl halides is 1. The van der Waals surface area contributed by atoms with E-state index < -0.39 is 46.2 Å². The van der Waals surface area contributed by atoms with Crippen molar-refractivity contribution in [2.75, 3.05) is 30.9 Å². The molecule has 1 unspecified atom stereocenters. The van der Waals surface area contributed by atoms with Gasteiger partial charge in [0.05, 0.1) is 19.5 Å². The van der Waals surface area contributed by atoms with E-state index in [0.29, 0.717) is 23.7 Å². The van der Waals surface area contributed by atoms with E-state index >= 15 is 4.39 Å². The highest BCUT2D eigenvalue weighted by Gasteiger charge is 2.35. The Morgan fingerprint density at radius 3 is 2.48 bits per heavy atom. The van der Waals surface area contributed by atoms with Gasteiger partial charge in [-0.15, -0.1) is 0 Å². The van der Waals surface area contributed by atoms with Gasteiger partial charge >= 0.3 is 15.2 Å². The Kier molecular flexibility index (Phi) is 11.3. The Bertz CT molecular complexity index is 1330. The third kappa shape index (κ3) is 8.87. The predicted molar refractivity (Wildman–Crippen MR) is 154 cm³/mol. The molecule has 0 amide bonds. The van der Waals surface area contributed by atoms with Gasteiger partial charge in [0.2, 0.25) is 0 Å². The quantitative estimate of drug-likeness (QED) is 0.131. The molecule has 4 atom stereocenters. The first-order chi connectivity index (χ1) is 19.9. The molecule has 2 aliphatic rings. The summed E-state index contributed by atoms with van der Waals surface area (Å²) in [6, 6.07) is 0.214. The van der Waals surface area contributed by atoms with Crippen LogP contribution in [0.4, 0.5) is 10.2 Å². The van der Waals surface area contributed by atoms with Crippen LogP contribution in [0.5, 0.6) is 0 Å². The predicted octanol–water partition coefficient (Wildman–Crippen LogP) is 3.03. The van der Waals surface area contributed by atoms with E-state index in [1.165, 1.54) is 18.8 Å². The number of anilines is 1. The maximum absolute atomic E-state index is 15.7. The Morgan fingerprint density at radius 1 is 1.14 bits per heavy atom. The SMILES string of the molecule is CC/C=C(/COP(=O)(O)CP(=O)(O)O)[C@@H](O)[C@H](F)[C@@H](O)n1cnc2c(NC3CCCC3)nc(CN3CCCCC3)nc21. The molecule has 4 rings (SSSR count). The lowest BCUT2D eigenvalue weighted by Gasteiger charge is -2.26. The summed E-state index contributed by atoms with van der Waals surface area (Å²) in [4.78, 5) is 43.8. The third-order valence-electron chi connectivity index (χ3n) is 7.49. The Hall–Kier alpha value is -1.80. The summed E-state index contributed by atoms with van der Waals surface area (Å²) in [6.45, 7) is 3.20. The number of aliphatic hydroxyl groups is 2. The Morgan fingerprint density at radius 2 is 1.83 bits per heavy atom. The van der Waals surface area contributed by atoms with Gasteiger partial charge in [-0.25, -0.2) is 19.3 Å². The first-order valence-electron chi connectivity index (χ1n) is 14.3. The summed E-state index contributed by atoms with van der Waals surface area (Å²) < 4.78 is 44.8. The van der Waals surface area contributed by atoms with E-state index in [4.69, 9.17) is 19.3 Å². The third-order valence-corrected chi connectivity index (χ3v) is 10.9. The molecule has 1 saturated carbocycles. The van der Waals surface area contributed by atoms with Crippen LogP contribution in [0.1, 0.15) is 70.3 Å². The second-order valence-corrected chi connectivity index (χ2v) is 15.0. The monoisotopic (exact) mass is 634 g/mol. The average Bonchev–Trinajstić information content (AvgIpc) is 3.59. The molecular weight excluding hydrogens is 593 g/mol. The van der Waals surface area contributed by atoms with E-state index in [1.807, 2.05) is 0 Å². The number of aliphatic hydroxyl groups excluding tert-OH is 2. The zero-order valence-corrected chi connectivity index (χ0v) is 25.4. The molecule has 3 heterocycles. The first-order valence-corrected chi connectivity index (χ1v) is 17.9. The van der Waals surface area contributed by atoms with Crippen LogP contribution < -0.4 is 5.32 Å². The van der Waals surface area contributed by atoms with Crippen molar-refractivity contribution >= 4 is 32.2 Å². The van der Waals surface area contributed by atoms with Crippen molar-refractivity contribution in [2.45, 2.75) is 89.4 Å². The molecule has 6 N–H and O–H groups in total. The number of hydrogen-bond acceptors (Lipinski definition) is 10. The highest BCUT2D eigenvalue weighted by molar-refractivity contribution is 7.70. The van der Waals surface area contributed by atoms with Crippen LogP contribution in [0.15, 0.2) is 18.0 Å². The van der Waals surface area contributed by atoms with Crippen LogP contribution in [0.25, 0.3) is 11.2 Å². The van der Waals surface area contributed by atoms with Crippen LogP contribution in [0, 0.1) is 0 Å². The van der Waals surface area contributed by atoms with Crippen LogP contribution in [0.3, 0.4) is 0 Å². The number of rotatable bonds is 14. The molecule has 0 spiro atoms. The van der Waals surface area contributed by atoms with Crippen LogP contribution in [-0.4, -0.2) is 93.2 Å². The molecule has 0 radical (unpaired) electrons. The lowest BCUT2D eigenvalue weighted by molar-refractivity contribution is -0.0352. The molecule has 14 nitrogen and oxygen atoms in total. The van der Waals surface area contributed by atoms with Crippen molar-refractivity contribution in [2.24, 2.45) is 0 Å². The molecule has 17 heteroatoms. The fourth-order valence-corrected chi connectivity index (χ4v) is 7.94. The molecule has 42 heavy (non-hydrogen) atoms. The second kappa shape index (κ2) is 14.3. The largest absolute Gasteiger partial charge is 0.385 e. The minimum atomic E-state index is -4.87. The fraction of sp³-hybridized carbons (Fsp3) is 0.720. The first kappa shape index (κ1) is 33.1. The molecule has 1 aliphatic heterocycles. The molecule has 1 saturated heterocycles. The number of piperidine rings is 1. The summed E-state index contributed by atoms with van der Waals surface area (Å²) in [7, 11) is -9.62. The van der Waals surface area contributed by atoms with E-state index in [9.17, 15) is 24.2 Å². The summed E-state index contributed by atoms with van der Waals surface area (Å²) in [5.74, 6) is -0.419. The van der Waals surface area contributed by atoms with Crippen molar-refractivity contribution in [3.63, 3.8) is 0 Å². The van der Waals surface area contributed by atoms with Gasteiger partial charge in [0, 0.05) is 6.04 Å². The van der Waals surface area contributed by atoms with Gasteiger partial charge in [-0.05, 0) is 50.8 Å². The van der Waals surface area contributed by atoms with Crippen molar-refractivity contribution in [1.82, 2.24) is 24.4 Å². The summed E-state index contributed by atoms with van der Waals surface area (Å²) in [5.41, 5.74) is 0.382. The van der Waals surface area contributed by atoms with Crippen molar-refractivity contribution in [3.05, 3.63) is 23.8 Å². The zero-order valence-electron chi connectivity index (χ0n) is 23.6. The number of likely N-dealkylation sites (tertiary alicyclic amines) is 1. The lowest BCUT2D eigenvalue weighted by Crippen LogP contribution is -2.34. The number of hydrogen-bond donors (Lipinski definition) is 6. The standard InChI is InChI=1S/C25H41FN6O8P2/c1-2-8-17(14-40-42(38,39)16-41(35,36)37)22(33)20(26)25(34)32-15-27-21-23(28-18-9-4-5-10-18)29-19(30-24(21)32)13-31-11-6-3-7-12-31/h8,15,18,20,22,25,33-34H,2-7,9-14,16H2,1H3,(H,38,39)(H,28,29,30)(H2,35,36,37)/b17-8-/t20-,22+,25+/m0/s1. The molecule has 2 aromatic rings. The number of halogens is 1. The number of allylic oxidation sites excluding steroid dienone is 1. The maximum atomic E-state index is 15.7. The van der Waals surface area contributed by atoms with Crippen molar-refractivity contribution in [3.8, 4) is 0 Å². The molecule has 2 fully saturated rings.